The van der Waals surface area contributed by atoms with Gasteiger partial charge >= 0.3 is 11.9 Å². The van der Waals surface area contributed by atoms with Crippen LogP contribution in [-0.2, 0) is 38.0 Å². The number of nitro benzene ring substituents is 1. The lowest BCUT2D eigenvalue weighted by Gasteiger charge is -2.18. The maximum Gasteiger partial charge on any atom is 0.303 e. The Balaban J connectivity index is 0.000000175. The van der Waals surface area contributed by atoms with Crippen LogP contribution in [0, 0.1) is 10.1 Å². The van der Waals surface area contributed by atoms with E-state index in [4.69, 9.17) is 66.8 Å². The largest absolute Gasteiger partial charge is 0.484 e. The van der Waals surface area contributed by atoms with E-state index in [2.05, 4.69) is 0 Å². The van der Waals surface area contributed by atoms with Crippen LogP contribution in [0.3, 0.4) is 0 Å². The number of hydrogen-bond acceptors (Lipinski definition) is 13. The van der Waals surface area contributed by atoms with E-state index < -0.39 is 23.1 Å². The molecule has 6 rings (SSSR count). The van der Waals surface area contributed by atoms with Crippen LogP contribution in [-0.4, -0.2) is 92.1 Å². The molecule has 0 aromatic heterocycles. The molecule has 0 aliphatic carbocycles. The Kier molecular flexibility index (Phi) is 9.97. The number of ether oxygens (including phenoxy) is 8. The van der Waals surface area contributed by atoms with Gasteiger partial charge in [-0.2, -0.15) is 0 Å². The highest BCUT2D eigenvalue weighted by Crippen LogP contribution is 2.36. The van der Waals surface area contributed by atoms with Crippen molar-refractivity contribution in [3.05, 3.63) is 56.6 Å². The van der Waals surface area contributed by atoms with Crippen LogP contribution < -0.4 is 15.2 Å². The number of nitrogens with zero attached hydrogens (tertiary/aromatic N) is 1. The molecule has 4 aliphatic heterocycles. The summed E-state index contributed by atoms with van der Waals surface area (Å²) in [6.45, 7) is 3.85. The van der Waals surface area contributed by atoms with E-state index in [9.17, 15) is 19.7 Å². The number of esters is 2. The van der Waals surface area contributed by atoms with Crippen LogP contribution >= 0.6 is 23.2 Å². The number of nitro groups is 1. The number of carbonyl (C=O) groups excluding carboxylic acids is 2. The first-order chi connectivity index (χ1) is 21.0. The van der Waals surface area contributed by atoms with Crippen molar-refractivity contribution < 1.29 is 52.4 Å². The summed E-state index contributed by atoms with van der Waals surface area (Å²) in [7, 11) is 0. The Labute approximate surface area is 261 Å². The first-order valence-corrected chi connectivity index (χ1v) is 14.4. The summed E-state index contributed by atoms with van der Waals surface area (Å²) in [6.07, 6.45) is -2.92. The topological polar surface area (TPSA) is 177 Å². The smallest absolute Gasteiger partial charge is 0.303 e. The molecule has 14 nitrogen and oxygen atoms in total. The molecule has 2 aromatic carbocycles. The van der Waals surface area contributed by atoms with Gasteiger partial charge in [0.2, 0.25) is 0 Å². The molecular formula is C28H30Cl2N2O12. The van der Waals surface area contributed by atoms with Gasteiger partial charge in [-0.1, -0.05) is 23.2 Å². The monoisotopic (exact) mass is 656 g/mol. The van der Waals surface area contributed by atoms with Crippen molar-refractivity contribution in [3.63, 3.8) is 0 Å². The SMILES string of the molecule is CC(=O)O[C@H]1CO[C@@H]2C(Oc3ccc(N)cc3Cl)CO[C@H]12.CC(=O)O[C@H]1CO[C@@H]2C(Oc3ccc([N+](=O)[O-])cc3Cl)CO[C@H]12. The fourth-order valence-corrected chi connectivity index (χ4v) is 5.78. The van der Waals surface area contributed by atoms with Crippen molar-refractivity contribution in [1.29, 1.82) is 0 Å². The van der Waals surface area contributed by atoms with Gasteiger partial charge in [0.25, 0.3) is 5.69 Å². The third-order valence-electron chi connectivity index (χ3n) is 7.20. The maximum atomic E-state index is 11.1. The van der Waals surface area contributed by atoms with Crippen molar-refractivity contribution in [2.75, 3.05) is 32.2 Å². The van der Waals surface area contributed by atoms with Crippen molar-refractivity contribution in [1.82, 2.24) is 0 Å². The second-order valence-electron chi connectivity index (χ2n) is 10.4. The van der Waals surface area contributed by atoms with E-state index in [1.54, 1.807) is 18.2 Å². The maximum absolute atomic E-state index is 11.1. The van der Waals surface area contributed by atoms with Gasteiger partial charge in [-0.15, -0.1) is 0 Å². The van der Waals surface area contributed by atoms with Gasteiger partial charge in [0.15, 0.2) is 24.4 Å². The minimum absolute atomic E-state index is 0.116. The number of nitrogens with two attached hydrogens (primary N) is 1. The molecule has 0 bridgehead atoms. The van der Waals surface area contributed by atoms with E-state index in [1.165, 1.54) is 32.0 Å². The van der Waals surface area contributed by atoms with Crippen molar-refractivity contribution >= 4 is 46.5 Å². The molecule has 16 heteroatoms. The molecule has 8 atom stereocenters. The Morgan fingerprint density at radius 1 is 0.750 bits per heavy atom. The number of rotatable bonds is 7. The molecule has 0 spiro atoms. The lowest BCUT2D eigenvalue weighted by atomic mass is 10.1. The van der Waals surface area contributed by atoms with Crippen LogP contribution in [0.5, 0.6) is 11.5 Å². The highest BCUT2D eigenvalue weighted by Gasteiger charge is 2.51. The number of benzene rings is 2. The van der Waals surface area contributed by atoms with E-state index in [0.717, 1.165) is 0 Å². The quantitative estimate of drug-likeness (QED) is 0.199. The van der Waals surface area contributed by atoms with Crippen molar-refractivity contribution in [2.24, 2.45) is 0 Å². The number of halogens is 2. The zero-order valence-corrected chi connectivity index (χ0v) is 25.1. The fraction of sp³-hybridized carbons (Fsp3) is 0.500. The lowest BCUT2D eigenvalue weighted by Crippen LogP contribution is -2.36. The molecule has 4 saturated heterocycles. The third-order valence-corrected chi connectivity index (χ3v) is 7.79. The van der Waals surface area contributed by atoms with E-state index in [0.29, 0.717) is 35.4 Å². The zero-order valence-electron chi connectivity index (χ0n) is 23.6. The number of fused-ring (bicyclic) bond motifs is 2. The first kappa shape index (κ1) is 32.0. The summed E-state index contributed by atoms with van der Waals surface area (Å²) in [5.74, 6) is 0.0927. The molecule has 2 aromatic rings. The van der Waals surface area contributed by atoms with Gasteiger partial charge in [0.1, 0.15) is 35.9 Å². The summed E-state index contributed by atoms with van der Waals surface area (Å²) in [5.41, 5.74) is 6.10. The average Bonchev–Trinajstić information content (AvgIpc) is 3.73. The van der Waals surface area contributed by atoms with Gasteiger partial charge in [-0.05, 0) is 24.3 Å². The van der Waals surface area contributed by atoms with Crippen LogP contribution in [0.25, 0.3) is 0 Å². The molecule has 44 heavy (non-hydrogen) atoms. The number of non-ortho nitro benzene ring substituents is 1. The van der Waals surface area contributed by atoms with E-state index in [-0.39, 0.29) is 66.5 Å². The Morgan fingerprint density at radius 2 is 1.16 bits per heavy atom. The second kappa shape index (κ2) is 13.7. The van der Waals surface area contributed by atoms with Gasteiger partial charge in [-0.25, -0.2) is 0 Å². The summed E-state index contributed by atoms with van der Waals surface area (Å²) >= 11 is 12.1. The second-order valence-corrected chi connectivity index (χ2v) is 11.2. The Hall–Kier alpha value is -3.40. The van der Waals surface area contributed by atoms with Gasteiger partial charge in [-0.3, -0.25) is 19.7 Å². The number of hydrogen-bond donors (Lipinski definition) is 1. The molecule has 0 radical (unpaired) electrons. The average molecular weight is 657 g/mol. The third kappa shape index (κ3) is 7.28. The Bertz CT molecular complexity index is 1400. The van der Waals surface area contributed by atoms with Gasteiger partial charge in [0, 0.05) is 31.7 Å². The minimum Gasteiger partial charge on any atom is -0.484 e. The van der Waals surface area contributed by atoms with E-state index in [1.807, 2.05) is 0 Å². The van der Waals surface area contributed by atoms with Crippen LogP contribution in [0.2, 0.25) is 10.0 Å². The van der Waals surface area contributed by atoms with Crippen molar-refractivity contribution in [3.8, 4) is 11.5 Å². The number of nitrogen functional groups attached to an aromatic ring is 1. The molecule has 238 valence electrons. The molecule has 0 saturated carbocycles. The molecule has 2 unspecified atom stereocenters. The molecule has 0 amide bonds. The predicted molar refractivity (Wildman–Crippen MR) is 153 cm³/mol. The standard InChI is InChI=1S/C14H14ClNO7.C14H16ClNO5/c1-7(17)22-11-5-20-14-12(6-21-13(11)14)23-10-3-2-8(16(18)19)4-9(10)15;1-7(17)20-11-5-18-14-12(6-19-13(11)14)21-10-3-2-8(16)4-9(10)15/h2-4,11-14H,5-6H2,1H3;2-4,11-14H,5-6,16H2,1H3/t2*11-,12?,13+,14+/m00/s1. The summed E-state index contributed by atoms with van der Waals surface area (Å²) in [6, 6.07) is 9.02. The summed E-state index contributed by atoms with van der Waals surface area (Å²) < 4.78 is 44.4. The molecule has 4 aliphatic rings. The molecule has 2 N–H and O–H groups in total. The highest BCUT2D eigenvalue weighted by molar-refractivity contribution is 6.32. The van der Waals surface area contributed by atoms with Crippen LogP contribution in [0.1, 0.15) is 13.8 Å². The van der Waals surface area contributed by atoms with Crippen molar-refractivity contribution in [2.45, 2.75) is 62.7 Å². The first-order valence-electron chi connectivity index (χ1n) is 13.6. The predicted octanol–water partition coefficient (Wildman–Crippen LogP) is 3.12. The summed E-state index contributed by atoms with van der Waals surface area (Å²) in [4.78, 5) is 32.3. The fourth-order valence-electron chi connectivity index (χ4n) is 5.33. The van der Waals surface area contributed by atoms with E-state index >= 15 is 0 Å². The highest BCUT2D eigenvalue weighted by atomic mass is 35.5. The molecule has 4 fully saturated rings. The van der Waals surface area contributed by atoms with Gasteiger partial charge in [0.05, 0.1) is 41.4 Å². The number of carbonyl (C=O) groups is 2. The number of anilines is 1. The Morgan fingerprint density at radius 3 is 1.57 bits per heavy atom. The van der Waals surface area contributed by atoms with Crippen LogP contribution in [0.4, 0.5) is 11.4 Å². The molecular weight excluding hydrogens is 627 g/mol. The molecule has 4 heterocycles. The van der Waals surface area contributed by atoms with Gasteiger partial charge < -0.3 is 43.6 Å². The minimum atomic E-state index is -0.534. The normalized spacial score (nSPS) is 30.0. The van der Waals surface area contributed by atoms with Crippen LogP contribution in [0.15, 0.2) is 36.4 Å². The zero-order chi connectivity index (χ0) is 31.5. The summed E-state index contributed by atoms with van der Waals surface area (Å²) in [5, 5.41) is 11.3. The lowest BCUT2D eigenvalue weighted by molar-refractivity contribution is -0.384.